The number of thiazole rings is 1. The third-order valence-corrected chi connectivity index (χ3v) is 7.72. The Hall–Kier alpha value is -4.24. The maximum atomic E-state index is 13.9. The molecule has 0 bridgehead atoms. The number of allylic oxidation sites excluding steroid dienone is 1. The summed E-state index contributed by atoms with van der Waals surface area (Å²) in [4.78, 5) is 32.9. The fourth-order valence-corrected chi connectivity index (χ4v) is 5.82. The number of ether oxygens (including phenoxy) is 1. The number of fused-ring (bicyclic) bond motifs is 1. The summed E-state index contributed by atoms with van der Waals surface area (Å²) >= 11 is 1.32. The zero-order valence-corrected chi connectivity index (χ0v) is 22.8. The SMILES string of the molecule is CCn1nc(C)c(C=c2sc3n(c2=O)C(c2ccc(OC)cc2)C(C(=O)Nc2ccccc2)=C(C)N=3)c1C. The molecule has 1 unspecified atom stereocenters. The van der Waals surface area contributed by atoms with Crippen LogP contribution in [0.15, 0.2) is 75.7 Å². The molecular weight excluding hydrogens is 498 g/mol. The van der Waals surface area contributed by atoms with E-state index < -0.39 is 6.04 Å². The minimum absolute atomic E-state index is 0.199. The maximum Gasteiger partial charge on any atom is 0.271 e. The van der Waals surface area contributed by atoms with E-state index in [-0.39, 0.29) is 11.5 Å². The number of nitrogens with zero attached hydrogens (tertiary/aromatic N) is 4. The van der Waals surface area contributed by atoms with E-state index in [0.29, 0.717) is 32.0 Å². The van der Waals surface area contributed by atoms with E-state index in [0.717, 1.165) is 29.1 Å². The van der Waals surface area contributed by atoms with E-state index >= 15 is 0 Å². The molecule has 3 heterocycles. The molecule has 0 saturated carbocycles. The molecule has 8 nitrogen and oxygen atoms in total. The van der Waals surface area contributed by atoms with Crippen molar-refractivity contribution in [1.82, 2.24) is 14.3 Å². The Bertz CT molecular complexity index is 1730. The van der Waals surface area contributed by atoms with Crippen molar-refractivity contribution in [3.63, 3.8) is 0 Å². The Labute approximate surface area is 224 Å². The van der Waals surface area contributed by atoms with Crippen LogP contribution in [0.2, 0.25) is 0 Å². The van der Waals surface area contributed by atoms with Crippen LogP contribution in [0.1, 0.15) is 42.4 Å². The average molecular weight is 528 g/mol. The quantitative estimate of drug-likeness (QED) is 0.414. The first-order valence-corrected chi connectivity index (χ1v) is 13.2. The topological polar surface area (TPSA) is 90.5 Å². The van der Waals surface area contributed by atoms with Gasteiger partial charge in [-0.15, -0.1) is 0 Å². The highest BCUT2D eigenvalue weighted by atomic mass is 32.1. The van der Waals surface area contributed by atoms with Gasteiger partial charge >= 0.3 is 0 Å². The van der Waals surface area contributed by atoms with Crippen molar-refractivity contribution < 1.29 is 9.53 Å². The van der Waals surface area contributed by atoms with Gasteiger partial charge < -0.3 is 10.1 Å². The zero-order valence-electron chi connectivity index (χ0n) is 22.0. The van der Waals surface area contributed by atoms with Crippen LogP contribution >= 0.6 is 11.3 Å². The average Bonchev–Trinajstić information content (AvgIpc) is 3.38. The van der Waals surface area contributed by atoms with Crippen LogP contribution in [-0.2, 0) is 11.3 Å². The molecule has 0 saturated heterocycles. The third kappa shape index (κ3) is 4.50. The maximum absolute atomic E-state index is 13.9. The summed E-state index contributed by atoms with van der Waals surface area (Å²) in [7, 11) is 1.60. The lowest BCUT2D eigenvalue weighted by Crippen LogP contribution is -2.40. The number of para-hydroxylation sites is 1. The number of benzene rings is 2. The van der Waals surface area contributed by atoms with Gasteiger partial charge in [-0.3, -0.25) is 18.8 Å². The Kier molecular flexibility index (Phi) is 6.86. The smallest absolute Gasteiger partial charge is 0.271 e. The predicted octanol–water partition coefficient (Wildman–Crippen LogP) is 3.72. The molecule has 0 fully saturated rings. The van der Waals surface area contributed by atoms with Crippen molar-refractivity contribution in [1.29, 1.82) is 0 Å². The standard InChI is InChI=1S/C29H29N5O3S/c1-6-33-19(4)23(17(2)32-33)16-24-28(36)34-26(20-12-14-22(37-5)15-13-20)25(18(3)30-29(34)38-24)27(35)31-21-10-8-7-9-11-21/h7-16,26H,6H2,1-5H3,(H,31,35). The van der Waals surface area contributed by atoms with Crippen molar-refractivity contribution in [2.24, 2.45) is 4.99 Å². The second-order valence-corrected chi connectivity index (χ2v) is 10.1. The number of hydrogen-bond donors (Lipinski definition) is 1. The minimum atomic E-state index is -0.649. The highest BCUT2D eigenvalue weighted by Crippen LogP contribution is 2.31. The number of rotatable bonds is 6. The van der Waals surface area contributed by atoms with Gasteiger partial charge in [-0.2, -0.15) is 5.10 Å². The number of aryl methyl sites for hydroxylation is 2. The first-order chi connectivity index (χ1) is 18.3. The molecule has 1 atom stereocenters. The van der Waals surface area contributed by atoms with E-state index in [2.05, 4.69) is 10.4 Å². The molecule has 2 aromatic carbocycles. The molecule has 1 N–H and O–H groups in total. The third-order valence-electron chi connectivity index (χ3n) is 6.74. The molecule has 0 radical (unpaired) electrons. The van der Waals surface area contributed by atoms with Crippen molar-refractivity contribution in [2.45, 2.75) is 40.3 Å². The van der Waals surface area contributed by atoms with Gasteiger partial charge in [0.1, 0.15) is 5.75 Å². The molecule has 1 amide bonds. The minimum Gasteiger partial charge on any atom is -0.497 e. The number of carbonyl (C=O) groups excluding carboxylic acids is 1. The molecule has 9 heteroatoms. The van der Waals surface area contributed by atoms with Gasteiger partial charge in [-0.1, -0.05) is 41.7 Å². The molecule has 5 rings (SSSR count). The lowest BCUT2D eigenvalue weighted by atomic mass is 9.95. The van der Waals surface area contributed by atoms with E-state index in [1.54, 1.807) is 11.7 Å². The normalized spacial score (nSPS) is 15.3. The molecule has 38 heavy (non-hydrogen) atoms. The fourth-order valence-electron chi connectivity index (χ4n) is 4.79. The van der Waals surface area contributed by atoms with Crippen LogP contribution in [-0.4, -0.2) is 27.4 Å². The summed E-state index contributed by atoms with van der Waals surface area (Å²) in [6.45, 7) is 8.54. The number of amides is 1. The highest BCUT2D eigenvalue weighted by molar-refractivity contribution is 7.07. The molecule has 4 aromatic rings. The predicted molar refractivity (Wildman–Crippen MR) is 149 cm³/mol. The van der Waals surface area contributed by atoms with E-state index in [1.807, 2.05) is 93.1 Å². The second kappa shape index (κ2) is 10.3. The van der Waals surface area contributed by atoms with Gasteiger partial charge in [0.15, 0.2) is 4.80 Å². The van der Waals surface area contributed by atoms with Crippen LogP contribution in [0.5, 0.6) is 5.75 Å². The first-order valence-electron chi connectivity index (χ1n) is 12.4. The number of carbonyl (C=O) groups is 1. The summed E-state index contributed by atoms with van der Waals surface area (Å²) in [5, 5.41) is 7.56. The van der Waals surface area contributed by atoms with E-state index in [1.165, 1.54) is 11.3 Å². The molecular formula is C29H29N5O3S. The van der Waals surface area contributed by atoms with Crippen molar-refractivity contribution in [3.05, 3.63) is 108 Å². The zero-order chi connectivity index (χ0) is 27.0. The Morgan fingerprint density at radius 2 is 1.82 bits per heavy atom. The van der Waals surface area contributed by atoms with Gasteiger partial charge in [-0.25, -0.2) is 4.99 Å². The van der Waals surface area contributed by atoms with Gasteiger partial charge in [0, 0.05) is 23.5 Å². The van der Waals surface area contributed by atoms with Gasteiger partial charge in [0.2, 0.25) is 0 Å². The summed E-state index contributed by atoms with van der Waals surface area (Å²) in [6, 6.07) is 16.0. The van der Waals surface area contributed by atoms with Gasteiger partial charge in [-0.05, 0) is 63.6 Å². The van der Waals surface area contributed by atoms with E-state index in [9.17, 15) is 9.59 Å². The van der Waals surface area contributed by atoms with Gasteiger partial charge in [0.25, 0.3) is 11.5 Å². The van der Waals surface area contributed by atoms with Crippen LogP contribution in [0.4, 0.5) is 5.69 Å². The first kappa shape index (κ1) is 25.4. The summed E-state index contributed by atoms with van der Waals surface area (Å²) in [6.07, 6.45) is 1.89. The summed E-state index contributed by atoms with van der Waals surface area (Å²) in [5.74, 6) is 0.388. The number of methoxy groups -OCH3 is 1. The van der Waals surface area contributed by atoms with Crippen LogP contribution in [0, 0.1) is 13.8 Å². The number of anilines is 1. The number of nitrogens with one attached hydrogen (secondary N) is 1. The van der Waals surface area contributed by atoms with Crippen molar-refractivity contribution in [2.75, 3.05) is 12.4 Å². The van der Waals surface area contributed by atoms with Crippen LogP contribution in [0.25, 0.3) is 6.08 Å². The van der Waals surface area contributed by atoms with E-state index in [4.69, 9.17) is 9.73 Å². The monoisotopic (exact) mass is 527 g/mol. The number of hydrogen-bond acceptors (Lipinski definition) is 6. The Morgan fingerprint density at radius 3 is 2.45 bits per heavy atom. The van der Waals surface area contributed by atoms with Crippen LogP contribution < -0.4 is 24.9 Å². The highest BCUT2D eigenvalue weighted by Gasteiger charge is 2.32. The molecule has 0 aliphatic carbocycles. The molecule has 1 aliphatic rings. The largest absolute Gasteiger partial charge is 0.497 e. The Morgan fingerprint density at radius 1 is 1.11 bits per heavy atom. The summed E-state index contributed by atoms with van der Waals surface area (Å²) < 4.78 is 9.43. The Balaban J connectivity index is 1.69. The number of aromatic nitrogens is 3. The van der Waals surface area contributed by atoms with Crippen molar-refractivity contribution in [3.8, 4) is 5.75 Å². The molecule has 194 valence electrons. The van der Waals surface area contributed by atoms with Crippen LogP contribution in [0.3, 0.4) is 0 Å². The fraction of sp³-hybridized carbons (Fsp3) is 0.241. The molecule has 1 aliphatic heterocycles. The van der Waals surface area contributed by atoms with Crippen molar-refractivity contribution >= 4 is 29.0 Å². The second-order valence-electron chi connectivity index (χ2n) is 9.08. The molecule has 0 spiro atoms. The lowest BCUT2D eigenvalue weighted by Gasteiger charge is -2.25. The molecule has 2 aromatic heterocycles. The lowest BCUT2D eigenvalue weighted by molar-refractivity contribution is -0.113. The summed E-state index contributed by atoms with van der Waals surface area (Å²) in [5.41, 5.74) is 5.04. The van der Waals surface area contributed by atoms with Gasteiger partial charge in [0.05, 0.1) is 34.6 Å².